The zero-order chi connectivity index (χ0) is 28.3. The van der Waals surface area contributed by atoms with Gasteiger partial charge in [0.05, 0.1) is 25.8 Å². The number of hydrogen-bond donors (Lipinski definition) is 3. The van der Waals surface area contributed by atoms with Crippen LogP contribution in [0.1, 0.15) is 53.0 Å². The number of carbonyl (C=O) groups is 4. The Balaban J connectivity index is 2.10. The lowest BCUT2D eigenvalue weighted by atomic mass is 9.86. The van der Waals surface area contributed by atoms with Crippen molar-refractivity contribution in [1.82, 2.24) is 25.8 Å². The monoisotopic (exact) mass is 529 g/mol. The Bertz CT molecular complexity index is 976. The number of amides is 4. The standard InChI is InChI=1S/C28H43N5O5/c1-7-8-14-32-15-16-33(22(27(32)37)19-38-18-21-12-10-9-11-13-21)23(34)17-30-26(36)24(28(3,4)5)31-25(35)20(2)29-6/h9-13,15-16,20,22,24,29H,7-8,14,17-19H2,1-6H3,(H,30,36)(H,31,35)/t20-,22-,24+/m0/s1. The molecule has 1 aliphatic rings. The van der Waals surface area contributed by atoms with Crippen LogP contribution in [-0.4, -0.2) is 78.3 Å². The maximum Gasteiger partial charge on any atom is 0.252 e. The predicted molar refractivity (Wildman–Crippen MR) is 145 cm³/mol. The van der Waals surface area contributed by atoms with Crippen LogP contribution in [0.3, 0.4) is 0 Å². The summed E-state index contributed by atoms with van der Waals surface area (Å²) in [4.78, 5) is 54.8. The van der Waals surface area contributed by atoms with Crippen molar-refractivity contribution in [2.24, 2.45) is 5.41 Å². The third kappa shape index (κ3) is 8.95. The lowest BCUT2D eigenvalue weighted by molar-refractivity contribution is -0.146. The first kappa shape index (κ1) is 31.0. The Morgan fingerprint density at radius 2 is 1.76 bits per heavy atom. The summed E-state index contributed by atoms with van der Waals surface area (Å²) in [6, 6.07) is 7.40. The van der Waals surface area contributed by atoms with E-state index in [1.165, 1.54) is 4.90 Å². The van der Waals surface area contributed by atoms with E-state index in [-0.39, 0.29) is 25.0 Å². The molecule has 3 N–H and O–H groups in total. The number of likely N-dealkylation sites (N-methyl/N-ethyl adjacent to an activating group) is 1. The van der Waals surface area contributed by atoms with Gasteiger partial charge in [0, 0.05) is 18.9 Å². The van der Waals surface area contributed by atoms with E-state index in [2.05, 4.69) is 16.0 Å². The molecule has 0 aromatic heterocycles. The van der Waals surface area contributed by atoms with Gasteiger partial charge >= 0.3 is 0 Å². The van der Waals surface area contributed by atoms with Gasteiger partial charge in [-0.1, -0.05) is 64.4 Å². The minimum Gasteiger partial charge on any atom is -0.374 e. The van der Waals surface area contributed by atoms with Crippen LogP contribution in [-0.2, 0) is 30.5 Å². The molecule has 38 heavy (non-hydrogen) atoms. The van der Waals surface area contributed by atoms with Crippen molar-refractivity contribution in [3.05, 3.63) is 48.3 Å². The number of unbranched alkanes of at least 4 members (excludes halogenated alkanes) is 1. The number of carbonyl (C=O) groups excluding carboxylic acids is 4. The molecule has 10 heteroatoms. The Kier molecular flexibility index (Phi) is 11.9. The average Bonchev–Trinajstić information content (AvgIpc) is 2.89. The molecule has 0 bridgehead atoms. The molecule has 0 saturated heterocycles. The zero-order valence-corrected chi connectivity index (χ0v) is 23.5. The molecule has 1 heterocycles. The van der Waals surface area contributed by atoms with Gasteiger partial charge in [0.25, 0.3) is 5.91 Å². The van der Waals surface area contributed by atoms with Crippen molar-refractivity contribution in [1.29, 1.82) is 0 Å². The number of rotatable bonds is 13. The Morgan fingerprint density at radius 3 is 2.37 bits per heavy atom. The van der Waals surface area contributed by atoms with E-state index in [1.54, 1.807) is 31.3 Å². The highest BCUT2D eigenvalue weighted by Crippen LogP contribution is 2.20. The van der Waals surface area contributed by atoms with E-state index < -0.39 is 35.4 Å². The molecule has 1 aromatic rings. The van der Waals surface area contributed by atoms with Crippen molar-refractivity contribution in [3.63, 3.8) is 0 Å². The fraction of sp³-hybridized carbons (Fsp3) is 0.571. The number of nitrogens with one attached hydrogen (secondary N) is 3. The molecule has 210 valence electrons. The number of benzene rings is 1. The summed E-state index contributed by atoms with van der Waals surface area (Å²) in [7, 11) is 1.66. The van der Waals surface area contributed by atoms with Crippen molar-refractivity contribution in [2.45, 2.75) is 72.2 Å². The highest BCUT2D eigenvalue weighted by molar-refractivity contribution is 5.94. The van der Waals surface area contributed by atoms with Crippen LogP contribution in [0.4, 0.5) is 0 Å². The van der Waals surface area contributed by atoms with E-state index in [0.717, 1.165) is 18.4 Å². The van der Waals surface area contributed by atoms with Crippen LogP contribution >= 0.6 is 0 Å². The van der Waals surface area contributed by atoms with Crippen LogP contribution in [0.25, 0.3) is 0 Å². The minimum absolute atomic E-state index is 0.0168. The number of hydrogen-bond acceptors (Lipinski definition) is 6. The minimum atomic E-state index is -0.855. The van der Waals surface area contributed by atoms with E-state index in [0.29, 0.717) is 13.2 Å². The maximum atomic E-state index is 13.2. The van der Waals surface area contributed by atoms with Gasteiger partial charge in [0.15, 0.2) is 0 Å². The van der Waals surface area contributed by atoms with E-state index in [9.17, 15) is 19.2 Å². The van der Waals surface area contributed by atoms with Crippen LogP contribution in [0.2, 0.25) is 0 Å². The third-order valence-electron chi connectivity index (χ3n) is 6.39. The van der Waals surface area contributed by atoms with Gasteiger partial charge in [-0.25, -0.2) is 0 Å². The largest absolute Gasteiger partial charge is 0.374 e. The van der Waals surface area contributed by atoms with Gasteiger partial charge in [0.2, 0.25) is 17.7 Å². The van der Waals surface area contributed by atoms with Crippen LogP contribution in [0.5, 0.6) is 0 Å². The molecule has 0 aliphatic carbocycles. The van der Waals surface area contributed by atoms with Crippen molar-refractivity contribution >= 4 is 23.6 Å². The molecule has 0 spiro atoms. The molecule has 2 rings (SSSR count). The summed E-state index contributed by atoms with van der Waals surface area (Å²) in [5.41, 5.74) is 0.368. The number of nitrogens with zero attached hydrogens (tertiary/aromatic N) is 2. The van der Waals surface area contributed by atoms with Crippen LogP contribution in [0.15, 0.2) is 42.7 Å². The summed E-state index contributed by atoms with van der Waals surface area (Å²) in [5, 5.41) is 8.25. The average molecular weight is 530 g/mol. The molecule has 3 atom stereocenters. The summed E-state index contributed by atoms with van der Waals surface area (Å²) >= 11 is 0. The van der Waals surface area contributed by atoms with Gasteiger partial charge in [-0.05, 0) is 31.4 Å². The van der Waals surface area contributed by atoms with Crippen molar-refractivity contribution in [2.75, 3.05) is 26.7 Å². The first-order valence-electron chi connectivity index (χ1n) is 13.2. The summed E-state index contributed by atoms with van der Waals surface area (Å²) in [5.74, 6) is -1.47. The Labute approximate surface area is 226 Å². The third-order valence-corrected chi connectivity index (χ3v) is 6.39. The van der Waals surface area contributed by atoms with E-state index in [4.69, 9.17) is 4.74 Å². The Hall–Kier alpha value is -3.24. The Morgan fingerprint density at radius 1 is 1.08 bits per heavy atom. The highest BCUT2D eigenvalue weighted by Gasteiger charge is 2.37. The second kappa shape index (κ2) is 14.6. The molecular formula is C28H43N5O5. The van der Waals surface area contributed by atoms with Crippen LogP contribution < -0.4 is 16.0 Å². The van der Waals surface area contributed by atoms with Gasteiger partial charge in [-0.15, -0.1) is 0 Å². The summed E-state index contributed by atoms with van der Waals surface area (Å²) < 4.78 is 5.83. The van der Waals surface area contributed by atoms with Crippen molar-refractivity contribution < 1.29 is 23.9 Å². The molecular weight excluding hydrogens is 486 g/mol. The molecule has 10 nitrogen and oxygen atoms in total. The summed E-state index contributed by atoms with van der Waals surface area (Å²) in [6.45, 7) is 9.79. The lowest BCUT2D eigenvalue weighted by Crippen LogP contribution is -2.58. The smallest absolute Gasteiger partial charge is 0.252 e. The van der Waals surface area contributed by atoms with Crippen molar-refractivity contribution in [3.8, 4) is 0 Å². The van der Waals surface area contributed by atoms with Gasteiger partial charge in [-0.2, -0.15) is 0 Å². The molecule has 1 aromatic carbocycles. The molecule has 4 amide bonds. The molecule has 0 unspecified atom stereocenters. The zero-order valence-electron chi connectivity index (χ0n) is 23.5. The highest BCUT2D eigenvalue weighted by atomic mass is 16.5. The quantitative estimate of drug-likeness (QED) is 0.358. The lowest BCUT2D eigenvalue weighted by Gasteiger charge is -2.36. The summed E-state index contributed by atoms with van der Waals surface area (Å²) in [6.07, 6.45) is 4.94. The van der Waals surface area contributed by atoms with Gasteiger partial charge in [0.1, 0.15) is 12.1 Å². The van der Waals surface area contributed by atoms with Gasteiger partial charge in [-0.3, -0.25) is 19.2 Å². The van der Waals surface area contributed by atoms with Gasteiger partial charge < -0.3 is 30.5 Å². The van der Waals surface area contributed by atoms with E-state index >= 15 is 0 Å². The molecule has 0 saturated carbocycles. The maximum absolute atomic E-state index is 13.2. The number of ether oxygens (including phenoxy) is 1. The fourth-order valence-electron chi connectivity index (χ4n) is 3.85. The normalized spacial score (nSPS) is 17.2. The molecule has 1 aliphatic heterocycles. The SMILES string of the molecule is CCCCN1C=CN(C(=O)CNC(=O)[C@@H](NC(=O)[C@H](C)NC)C(C)(C)C)[C@@H](COCc2ccccc2)C1=O. The second-order valence-electron chi connectivity index (χ2n) is 10.5. The predicted octanol–water partition coefficient (Wildman–Crippen LogP) is 1.77. The molecule has 0 fully saturated rings. The second-order valence-corrected chi connectivity index (χ2v) is 10.5. The van der Waals surface area contributed by atoms with Crippen LogP contribution in [0, 0.1) is 5.41 Å². The topological polar surface area (TPSA) is 120 Å². The first-order valence-corrected chi connectivity index (χ1v) is 13.2. The van der Waals surface area contributed by atoms with E-state index in [1.807, 2.05) is 58.0 Å². The fourth-order valence-corrected chi connectivity index (χ4v) is 3.85. The first-order chi connectivity index (χ1) is 18.0. The molecule has 0 radical (unpaired) electrons.